The van der Waals surface area contributed by atoms with Crippen LogP contribution in [0.25, 0.3) is 0 Å². The Hall–Kier alpha value is -1.22. The fourth-order valence-corrected chi connectivity index (χ4v) is 1.92. The summed E-state index contributed by atoms with van der Waals surface area (Å²) in [5.74, 6) is 0.00958. The molecule has 1 unspecified atom stereocenters. The van der Waals surface area contributed by atoms with E-state index in [0.29, 0.717) is 4.99 Å². The number of carbonyl (C=O) groups is 1. The number of hydrogen-bond donors (Lipinski definition) is 1. The molecular formula is C11H11NOS. The van der Waals surface area contributed by atoms with E-state index in [-0.39, 0.29) is 11.8 Å². The Morgan fingerprint density at radius 2 is 2.00 bits per heavy atom. The molecule has 1 atom stereocenters. The van der Waals surface area contributed by atoms with E-state index in [1.807, 2.05) is 30.3 Å². The Morgan fingerprint density at radius 3 is 2.64 bits per heavy atom. The number of rotatable bonds is 1. The first-order chi connectivity index (χ1) is 6.77. The fourth-order valence-electron chi connectivity index (χ4n) is 1.70. The lowest BCUT2D eigenvalue weighted by atomic mass is 9.91. The molecule has 2 rings (SSSR count). The molecule has 0 aromatic heterocycles. The van der Waals surface area contributed by atoms with E-state index in [4.69, 9.17) is 12.2 Å². The molecule has 1 aromatic rings. The summed E-state index contributed by atoms with van der Waals surface area (Å²) in [5.41, 5.74) is 1.08. The van der Waals surface area contributed by atoms with Gasteiger partial charge in [0.2, 0.25) is 5.91 Å². The van der Waals surface area contributed by atoms with Crippen LogP contribution in [-0.2, 0) is 4.79 Å². The number of hydrogen-bond acceptors (Lipinski definition) is 2. The van der Waals surface area contributed by atoms with Crippen molar-refractivity contribution in [1.29, 1.82) is 0 Å². The van der Waals surface area contributed by atoms with Gasteiger partial charge in [0.25, 0.3) is 0 Å². The number of thiocarbonyl (C=S) groups is 1. The zero-order chi connectivity index (χ0) is 9.97. The standard InChI is InChI=1S/C11H11NOS/c13-11-9(6-7-10(14)12-11)8-4-2-1-3-5-8/h1-5,9H,6-7H2,(H,12,13,14). The molecule has 1 heterocycles. The summed E-state index contributed by atoms with van der Waals surface area (Å²) in [6, 6.07) is 9.83. The molecule has 14 heavy (non-hydrogen) atoms. The summed E-state index contributed by atoms with van der Waals surface area (Å²) in [4.78, 5) is 12.3. The van der Waals surface area contributed by atoms with Gasteiger partial charge in [-0.15, -0.1) is 0 Å². The predicted octanol–water partition coefficient (Wildman–Crippen LogP) is 2.01. The van der Waals surface area contributed by atoms with Crippen molar-refractivity contribution >= 4 is 23.1 Å². The van der Waals surface area contributed by atoms with Gasteiger partial charge in [0.15, 0.2) is 0 Å². The van der Waals surface area contributed by atoms with Crippen LogP contribution in [0.1, 0.15) is 24.3 Å². The first-order valence-corrected chi connectivity index (χ1v) is 5.07. The van der Waals surface area contributed by atoms with Crippen molar-refractivity contribution in [3.63, 3.8) is 0 Å². The van der Waals surface area contributed by atoms with E-state index in [0.717, 1.165) is 18.4 Å². The normalized spacial score (nSPS) is 21.9. The summed E-state index contributed by atoms with van der Waals surface area (Å²) in [6.07, 6.45) is 1.63. The van der Waals surface area contributed by atoms with Gasteiger partial charge in [0.1, 0.15) is 0 Å². The van der Waals surface area contributed by atoms with E-state index in [1.54, 1.807) is 0 Å². The molecule has 1 fully saturated rings. The topological polar surface area (TPSA) is 29.1 Å². The van der Waals surface area contributed by atoms with Crippen molar-refractivity contribution in [2.75, 3.05) is 0 Å². The van der Waals surface area contributed by atoms with Crippen molar-refractivity contribution in [2.24, 2.45) is 0 Å². The maximum atomic E-state index is 11.6. The molecule has 72 valence electrons. The fraction of sp³-hybridized carbons (Fsp3) is 0.273. The highest BCUT2D eigenvalue weighted by molar-refractivity contribution is 7.80. The average Bonchev–Trinajstić information content (AvgIpc) is 2.19. The maximum absolute atomic E-state index is 11.6. The van der Waals surface area contributed by atoms with Crippen LogP contribution in [0.4, 0.5) is 0 Å². The molecule has 0 bridgehead atoms. The smallest absolute Gasteiger partial charge is 0.232 e. The highest BCUT2D eigenvalue weighted by Crippen LogP contribution is 2.24. The monoisotopic (exact) mass is 205 g/mol. The summed E-state index contributed by atoms with van der Waals surface area (Å²) >= 11 is 4.95. The molecule has 1 N–H and O–H groups in total. The lowest BCUT2D eigenvalue weighted by Crippen LogP contribution is -2.38. The molecule has 0 radical (unpaired) electrons. The Labute approximate surface area is 88.3 Å². The van der Waals surface area contributed by atoms with Gasteiger partial charge in [-0.2, -0.15) is 0 Å². The summed E-state index contributed by atoms with van der Waals surface area (Å²) in [7, 11) is 0. The second-order valence-electron chi connectivity index (χ2n) is 3.41. The van der Waals surface area contributed by atoms with E-state index in [2.05, 4.69) is 5.32 Å². The second kappa shape index (κ2) is 3.88. The first-order valence-electron chi connectivity index (χ1n) is 4.66. The summed E-state index contributed by atoms with van der Waals surface area (Å²) in [5, 5.41) is 2.72. The predicted molar refractivity (Wildman–Crippen MR) is 59.2 cm³/mol. The van der Waals surface area contributed by atoms with Crippen LogP contribution in [0.2, 0.25) is 0 Å². The van der Waals surface area contributed by atoms with Crippen molar-refractivity contribution in [3.05, 3.63) is 35.9 Å². The van der Waals surface area contributed by atoms with Crippen LogP contribution in [0.15, 0.2) is 30.3 Å². The largest absolute Gasteiger partial charge is 0.320 e. The van der Waals surface area contributed by atoms with Gasteiger partial charge in [-0.05, 0) is 18.4 Å². The van der Waals surface area contributed by atoms with E-state index < -0.39 is 0 Å². The van der Waals surface area contributed by atoms with Crippen molar-refractivity contribution in [2.45, 2.75) is 18.8 Å². The van der Waals surface area contributed by atoms with Crippen LogP contribution in [-0.4, -0.2) is 10.9 Å². The minimum atomic E-state index is -0.0251. The lowest BCUT2D eigenvalue weighted by molar-refractivity contribution is -0.121. The number of nitrogens with one attached hydrogen (secondary N) is 1. The van der Waals surface area contributed by atoms with E-state index in [1.165, 1.54) is 0 Å². The van der Waals surface area contributed by atoms with Gasteiger partial charge in [-0.1, -0.05) is 42.5 Å². The maximum Gasteiger partial charge on any atom is 0.232 e. The third-order valence-electron chi connectivity index (χ3n) is 2.44. The van der Waals surface area contributed by atoms with Crippen LogP contribution < -0.4 is 5.32 Å². The lowest BCUT2D eigenvalue weighted by Gasteiger charge is -2.22. The molecule has 0 aliphatic carbocycles. The summed E-state index contributed by atoms with van der Waals surface area (Å²) < 4.78 is 0. The number of piperidine rings is 1. The number of benzene rings is 1. The zero-order valence-corrected chi connectivity index (χ0v) is 8.51. The van der Waals surface area contributed by atoms with Gasteiger partial charge in [0.05, 0.1) is 10.9 Å². The van der Waals surface area contributed by atoms with E-state index in [9.17, 15) is 4.79 Å². The highest BCUT2D eigenvalue weighted by atomic mass is 32.1. The second-order valence-corrected chi connectivity index (χ2v) is 3.91. The van der Waals surface area contributed by atoms with Gasteiger partial charge in [-0.3, -0.25) is 4.79 Å². The highest BCUT2D eigenvalue weighted by Gasteiger charge is 2.25. The van der Waals surface area contributed by atoms with Crippen molar-refractivity contribution in [1.82, 2.24) is 5.32 Å². The molecule has 0 saturated carbocycles. The van der Waals surface area contributed by atoms with Gasteiger partial charge in [0, 0.05) is 0 Å². The van der Waals surface area contributed by atoms with Crippen LogP contribution >= 0.6 is 12.2 Å². The van der Waals surface area contributed by atoms with Crippen LogP contribution in [0, 0.1) is 0 Å². The Morgan fingerprint density at radius 1 is 1.29 bits per heavy atom. The summed E-state index contributed by atoms with van der Waals surface area (Å²) in [6.45, 7) is 0. The van der Waals surface area contributed by atoms with Gasteiger partial charge < -0.3 is 5.32 Å². The Balaban J connectivity index is 2.20. The molecule has 2 nitrogen and oxygen atoms in total. The third-order valence-corrected chi connectivity index (χ3v) is 2.75. The average molecular weight is 205 g/mol. The Bertz CT molecular complexity index is 361. The van der Waals surface area contributed by atoms with E-state index >= 15 is 0 Å². The first kappa shape index (κ1) is 9.34. The van der Waals surface area contributed by atoms with Crippen LogP contribution in [0.3, 0.4) is 0 Å². The molecule has 0 spiro atoms. The molecule has 1 saturated heterocycles. The third kappa shape index (κ3) is 1.82. The molecule has 1 aliphatic rings. The van der Waals surface area contributed by atoms with Crippen molar-refractivity contribution in [3.8, 4) is 0 Å². The SMILES string of the molecule is O=C1NC(=S)CCC1c1ccccc1. The van der Waals surface area contributed by atoms with Gasteiger partial charge >= 0.3 is 0 Å². The molecular weight excluding hydrogens is 194 g/mol. The zero-order valence-electron chi connectivity index (χ0n) is 7.69. The minimum Gasteiger partial charge on any atom is -0.320 e. The molecule has 1 aliphatic heterocycles. The quantitative estimate of drug-likeness (QED) is 0.710. The molecule has 3 heteroatoms. The molecule has 1 aromatic carbocycles. The number of amides is 1. The molecule has 1 amide bonds. The number of carbonyl (C=O) groups excluding carboxylic acids is 1. The van der Waals surface area contributed by atoms with Crippen molar-refractivity contribution < 1.29 is 4.79 Å². The van der Waals surface area contributed by atoms with Crippen LogP contribution in [0.5, 0.6) is 0 Å². The van der Waals surface area contributed by atoms with Gasteiger partial charge in [-0.25, -0.2) is 0 Å². The minimum absolute atomic E-state index is 0.0251. The Kier molecular flexibility index (Phi) is 2.59.